The highest BCUT2D eigenvalue weighted by Gasteiger charge is 2.24. The molecule has 0 saturated heterocycles. The van der Waals surface area contributed by atoms with Crippen LogP contribution in [0.4, 0.5) is 5.69 Å². The molecule has 1 fully saturated rings. The van der Waals surface area contributed by atoms with E-state index in [-0.39, 0.29) is 12.1 Å². The number of anilines is 1. The third kappa shape index (κ3) is 2.77. The van der Waals surface area contributed by atoms with Crippen LogP contribution >= 0.6 is 23.2 Å². The summed E-state index contributed by atoms with van der Waals surface area (Å²) >= 11 is 11.8. The maximum atomic E-state index is 9.66. The molecule has 2 N–H and O–H groups in total. The van der Waals surface area contributed by atoms with Crippen molar-refractivity contribution in [2.75, 3.05) is 5.32 Å². The Morgan fingerprint density at radius 1 is 1.13 bits per heavy atom. The molecule has 1 aliphatic carbocycles. The molecule has 0 spiro atoms. The van der Waals surface area contributed by atoms with Crippen LogP contribution < -0.4 is 5.32 Å². The summed E-state index contributed by atoms with van der Waals surface area (Å²) in [5.74, 6) is 0. The standard InChI is InChI=1S/C11H13Cl2NO/c12-7-4-8(13)6-9(5-7)14-10-2-1-3-11(10)15/h4-6,10-11,14-15H,1-3H2. The topological polar surface area (TPSA) is 32.3 Å². The van der Waals surface area contributed by atoms with E-state index in [0.29, 0.717) is 10.0 Å². The average Bonchev–Trinajstić information content (AvgIpc) is 2.50. The van der Waals surface area contributed by atoms with Crippen LogP contribution in [-0.2, 0) is 0 Å². The van der Waals surface area contributed by atoms with Gasteiger partial charge in [-0.15, -0.1) is 0 Å². The van der Waals surface area contributed by atoms with Crippen LogP contribution in [0.5, 0.6) is 0 Å². The second-order valence-electron chi connectivity index (χ2n) is 3.91. The number of aliphatic hydroxyl groups excluding tert-OH is 1. The van der Waals surface area contributed by atoms with Gasteiger partial charge in [0, 0.05) is 15.7 Å². The molecule has 2 atom stereocenters. The molecule has 0 radical (unpaired) electrons. The maximum Gasteiger partial charge on any atom is 0.0741 e. The molecule has 15 heavy (non-hydrogen) atoms. The smallest absolute Gasteiger partial charge is 0.0741 e. The lowest BCUT2D eigenvalue weighted by Gasteiger charge is -2.18. The molecule has 0 aliphatic heterocycles. The number of halogens is 2. The van der Waals surface area contributed by atoms with Gasteiger partial charge in [-0.2, -0.15) is 0 Å². The Kier molecular flexibility index (Phi) is 3.39. The molecular weight excluding hydrogens is 233 g/mol. The lowest BCUT2D eigenvalue weighted by molar-refractivity contribution is 0.172. The van der Waals surface area contributed by atoms with E-state index in [4.69, 9.17) is 23.2 Å². The average molecular weight is 246 g/mol. The van der Waals surface area contributed by atoms with Crippen LogP contribution in [0.1, 0.15) is 19.3 Å². The fourth-order valence-electron chi connectivity index (χ4n) is 1.96. The molecule has 2 nitrogen and oxygen atoms in total. The van der Waals surface area contributed by atoms with Crippen LogP contribution in [-0.4, -0.2) is 17.3 Å². The predicted molar refractivity (Wildman–Crippen MR) is 63.7 cm³/mol. The van der Waals surface area contributed by atoms with Crippen LogP contribution in [0.3, 0.4) is 0 Å². The molecule has 0 heterocycles. The summed E-state index contributed by atoms with van der Waals surface area (Å²) in [7, 11) is 0. The summed E-state index contributed by atoms with van der Waals surface area (Å²) < 4.78 is 0. The van der Waals surface area contributed by atoms with Crippen molar-refractivity contribution in [2.45, 2.75) is 31.4 Å². The van der Waals surface area contributed by atoms with Crippen molar-refractivity contribution in [2.24, 2.45) is 0 Å². The molecule has 0 bridgehead atoms. The van der Waals surface area contributed by atoms with Crippen molar-refractivity contribution in [3.05, 3.63) is 28.2 Å². The van der Waals surface area contributed by atoms with Gasteiger partial charge in [0.15, 0.2) is 0 Å². The fraction of sp³-hybridized carbons (Fsp3) is 0.455. The van der Waals surface area contributed by atoms with Crippen LogP contribution in [0.15, 0.2) is 18.2 Å². The molecule has 82 valence electrons. The third-order valence-corrected chi connectivity index (χ3v) is 3.13. The number of hydrogen-bond acceptors (Lipinski definition) is 2. The van der Waals surface area contributed by atoms with Crippen LogP contribution in [0.25, 0.3) is 0 Å². The zero-order valence-electron chi connectivity index (χ0n) is 8.21. The second-order valence-corrected chi connectivity index (χ2v) is 4.78. The number of nitrogens with one attached hydrogen (secondary N) is 1. The second kappa shape index (κ2) is 4.60. The molecule has 0 amide bonds. The fourth-order valence-corrected chi connectivity index (χ4v) is 2.49. The first kappa shape index (κ1) is 11.1. The zero-order chi connectivity index (χ0) is 10.8. The van der Waals surface area contributed by atoms with E-state index in [1.807, 2.05) is 12.1 Å². The molecule has 1 aromatic carbocycles. The molecule has 2 unspecified atom stereocenters. The Labute approximate surface area is 99.2 Å². The largest absolute Gasteiger partial charge is 0.391 e. The summed E-state index contributed by atoms with van der Waals surface area (Å²) in [6.45, 7) is 0. The number of aliphatic hydroxyl groups is 1. The Bertz CT molecular complexity index is 336. The molecule has 1 aliphatic rings. The Hall–Kier alpha value is -0.440. The lowest BCUT2D eigenvalue weighted by Crippen LogP contribution is -2.27. The molecular formula is C11H13Cl2NO. The highest BCUT2D eigenvalue weighted by atomic mass is 35.5. The molecule has 0 aromatic heterocycles. The minimum absolute atomic E-state index is 0.125. The van der Waals surface area contributed by atoms with Crippen molar-refractivity contribution in [1.82, 2.24) is 0 Å². The van der Waals surface area contributed by atoms with E-state index < -0.39 is 0 Å². The third-order valence-electron chi connectivity index (χ3n) is 2.69. The zero-order valence-corrected chi connectivity index (χ0v) is 9.72. The Morgan fingerprint density at radius 3 is 2.33 bits per heavy atom. The van der Waals surface area contributed by atoms with E-state index >= 15 is 0 Å². The predicted octanol–water partition coefficient (Wildman–Crippen LogP) is 3.32. The molecule has 2 rings (SSSR count). The van der Waals surface area contributed by atoms with Gasteiger partial charge in [-0.25, -0.2) is 0 Å². The highest BCUT2D eigenvalue weighted by Crippen LogP contribution is 2.27. The lowest BCUT2D eigenvalue weighted by atomic mass is 10.2. The van der Waals surface area contributed by atoms with Crippen molar-refractivity contribution >= 4 is 28.9 Å². The van der Waals surface area contributed by atoms with Gasteiger partial charge in [-0.1, -0.05) is 23.2 Å². The number of benzene rings is 1. The van der Waals surface area contributed by atoms with E-state index in [1.165, 1.54) is 0 Å². The van der Waals surface area contributed by atoms with Gasteiger partial charge < -0.3 is 10.4 Å². The van der Waals surface area contributed by atoms with Crippen molar-refractivity contribution in [3.8, 4) is 0 Å². The minimum Gasteiger partial charge on any atom is -0.391 e. The summed E-state index contributed by atoms with van der Waals surface area (Å²) in [6, 6.07) is 5.45. The normalized spacial score (nSPS) is 25.5. The molecule has 1 aromatic rings. The summed E-state index contributed by atoms with van der Waals surface area (Å²) in [6.07, 6.45) is 2.66. The van der Waals surface area contributed by atoms with Gasteiger partial charge >= 0.3 is 0 Å². The summed E-state index contributed by atoms with van der Waals surface area (Å²) in [5, 5.41) is 14.1. The van der Waals surface area contributed by atoms with E-state index in [9.17, 15) is 5.11 Å². The van der Waals surface area contributed by atoms with Gasteiger partial charge in [0.2, 0.25) is 0 Å². The van der Waals surface area contributed by atoms with Crippen molar-refractivity contribution < 1.29 is 5.11 Å². The quantitative estimate of drug-likeness (QED) is 0.838. The summed E-state index contributed by atoms with van der Waals surface area (Å²) in [4.78, 5) is 0. The van der Waals surface area contributed by atoms with Gasteiger partial charge in [-0.05, 0) is 37.5 Å². The van der Waals surface area contributed by atoms with E-state index in [1.54, 1.807) is 6.07 Å². The van der Waals surface area contributed by atoms with Crippen molar-refractivity contribution in [3.63, 3.8) is 0 Å². The Morgan fingerprint density at radius 2 is 1.80 bits per heavy atom. The molecule has 4 heteroatoms. The van der Waals surface area contributed by atoms with Gasteiger partial charge in [0.05, 0.1) is 12.1 Å². The number of rotatable bonds is 2. The monoisotopic (exact) mass is 245 g/mol. The SMILES string of the molecule is OC1CCCC1Nc1cc(Cl)cc(Cl)c1. The molecule has 1 saturated carbocycles. The van der Waals surface area contributed by atoms with Crippen LogP contribution in [0, 0.1) is 0 Å². The maximum absolute atomic E-state index is 9.66. The first-order valence-corrected chi connectivity index (χ1v) is 5.81. The Balaban J connectivity index is 2.10. The van der Waals surface area contributed by atoms with E-state index in [0.717, 1.165) is 24.9 Å². The first-order valence-electron chi connectivity index (χ1n) is 5.06. The van der Waals surface area contributed by atoms with Gasteiger partial charge in [0.1, 0.15) is 0 Å². The van der Waals surface area contributed by atoms with Gasteiger partial charge in [0.25, 0.3) is 0 Å². The summed E-state index contributed by atoms with van der Waals surface area (Å²) in [5.41, 5.74) is 0.874. The van der Waals surface area contributed by atoms with Gasteiger partial charge in [-0.3, -0.25) is 0 Å². The minimum atomic E-state index is -0.261. The number of hydrogen-bond donors (Lipinski definition) is 2. The highest BCUT2D eigenvalue weighted by molar-refractivity contribution is 6.35. The first-order chi connectivity index (χ1) is 7.15. The van der Waals surface area contributed by atoms with E-state index in [2.05, 4.69) is 5.32 Å². The van der Waals surface area contributed by atoms with Crippen LogP contribution in [0.2, 0.25) is 10.0 Å². The van der Waals surface area contributed by atoms with Crippen molar-refractivity contribution in [1.29, 1.82) is 0 Å².